The zero-order chi connectivity index (χ0) is 14.6. The summed E-state index contributed by atoms with van der Waals surface area (Å²) in [5.41, 5.74) is -0.0701. The molecule has 0 aromatic carbocycles. The van der Waals surface area contributed by atoms with Gasteiger partial charge in [0.05, 0.1) is 6.04 Å². The van der Waals surface area contributed by atoms with Crippen LogP contribution in [0.15, 0.2) is 0 Å². The van der Waals surface area contributed by atoms with Crippen LogP contribution in [0, 0.1) is 11.3 Å². The molecular weight excluding hydrogens is 244 g/mol. The summed E-state index contributed by atoms with van der Waals surface area (Å²) in [6.07, 6.45) is 1.83. The van der Waals surface area contributed by atoms with Crippen molar-refractivity contribution in [2.75, 3.05) is 13.1 Å². The third-order valence-corrected chi connectivity index (χ3v) is 3.30. The summed E-state index contributed by atoms with van der Waals surface area (Å²) in [5, 5.41) is 12.7. The van der Waals surface area contributed by atoms with Crippen molar-refractivity contribution in [3.05, 3.63) is 0 Å². The van der Waals surface area contributed by atoms with Gasteiger partial charge in [-0.15, -0.1) is 0 Å². The highest BCUT2D eigenvalue weighted by Gasteiger charge is 2.30. The van der Waals surface area contributed by atoms with Crippen molar-refractivity contribution in [2.24, 2.45) is 11.3 Å². The smallest absolute Gasteiger partial charge is 0.250 e. The van der Waals surface area contributed by atoms with Crippen molar-refractivity contribution >= 4 is 12.3 Å². The summed E-state index contributed by atoms with van der Waals surface area (Å²) in [6.45, 7) is 8.86. The number of carbonyl (C=O) groups excluding carboxylic acids is 2. The molecule has 2 amide bonds. The molecule has 0 saturated heterocycles. The average Bonchev–Trinajstić information content (AvgIpc) is 3.14. The van der Waals surface area contributed by atoms with Gasteiger partial charge in [-0.2, -0.15) is 0 Å². The van der Waals surface area contributed by atoms with Crippen molar-refractivity contribution in [2.45, 2.75) is 52.7 Å². The molecule has 1 aliphatic rings. The molecule has 0 radical (unpaired) electrons. The van der Waals surface area contributed by atoms with E-state index in [0.29, 0.717) is 25.4 Å². The number of nitrogens with zero attached hydrogens (tertiary/aromatic N) is 1. The predicted molar refractivity (Wildman–Crippen MR) is 73.4 cm³/mol. The number of carbonyl (C=O) groups is 2. The van der Waals surface area contributed by atoms with Crippen LogP contribution in [-0.2, 0) is 9.59 Å². The van der Waals surface area contributed by atoms with Crippen LogP contribution in [0.5, 0.6) is 0 Å². The van der Waals surface area contributed by atoms with E-state index in [1.807, 2.05) is 20.8 Å². The zero-order valence-electron chi connectivity index (χ0n) is 12.3. The molecule has 2 N–H and O–H groups in total. The van der Waals surface area contributed by atoms with Crippen LogP contribution in [0.25, 0.3) is 0 Å². The lowest BCUT2D eigenvalue weighted by atomic mass is 9.95. The lowest BCUT2D eigenvalue weighted by molar-refractivity contribution is -0.136. The Kier molecular flexibility index (Phi) is 5.35. The summed E-state index contributed by atoms with van der Waals surface area (Å²) in [5.74, 6) is 0.184. The molecule has 0 heterocycles. The Morgan fingerprint density at radius 3 is 2.47 bits per heavy atom. The molecule has 0 aromatic rings. The highest BCUT2D eigenvalue weighted by molar-refractivity contribution is 5.81. The fraction of sp³-hybridized carbons (Fsp3) is 0.857. The highest BCUT2D eigenvalue weighted by Crippen LogP contribution is 2.27. The van der Waals surface area contributed by atoms with Crippen LogP contribution >= 0.6 is 0 Å². The van der Waals surface area contributed by atoms with Crippen LogP contribution in [0.2, 0.25) is 0 Å². The molecule has 1 saturated carbocycles. The van der Waals surface area contributed by atoms with Gasteiger partial charge in [0.2, 0.25) is 6.41 Å². The van der Waals surface area contributed by atoms with Crippen molar-refractivity contribution in [3.63, 3.8) is 0 Å². The maximum absolute atomic E-state index is 11.8. The van der Waals surface area contributed by atoms with Gasteiger partial charge in [0.1, 0.15) is 0 Å². The molecule has 0 spiro atoms. The Bertz CT molecular complexity index is 321. The van der Waals surface area contributed by atoms with Gasteiger partial charge in [0, 0.05) is 13.1 Å². The molecule has 2 unspecified atom stereocenters. The zero-order valence-corrected chi connectivity index (χ0v) is 12.3. The van der Waals surface area contributed by atoms with E-state index >= 15 is 0 Å². The van der Waals surface area contributed by atoms with Crippen molar-refractivity contribution in [1.29, 1.82) is 0 Å². The van der Waals surface area contributed by atoms with Gasteiger partial charge in [-0.1, -0.05) is 20.8 Å². The van der Waals surface area contributed by atoms with E-state index in [4.69, 9.17) is 0 Å². The van der Waals surface area contributed by atoms with E-state index in [9.17, 15) is 14.7 Å². The molecule has 1 fully saturated rings. The van der Waals surface area contributed by atoms with Gasteiger partial charge in [0.15, 0.2) is 6.10 Å². The molecule has 2 atom stereocenters. The van der Waals surface area contributed by atoms with E-state index in [-0.39, 0.29) is 11.3 Å². The Morgan fingerprint density at radius 1 is 1.47 bits per heavy atom. The summed E-state index contributed by atoms with van der Waals surface area (Å²) < 4.78 is 0. The fourth-order valence-corrected chi connectivity index (χ4v) is 1.90. The second-order valence-corrected chi connectivity index (χ2v) is 6.71. The molecule has 0 aromatic heterocycles. The first-order valence-electron chi connectivity index (χ1n) is 6.91. The molecule has 19 heavy (non-hydrogen) atoms. The van der Waals surface area contributed by atoms with Gasteiger partial charge >= 0.3 is 0 Å². The van der Waals surface area contributed by atoms with Gasteiger partial charge in [-0.3, -0.25) is 9.59 Å². The summed E-state index contributed by atoms with van der Waals surface area (Å²) in [7, 11) is 0. The first-order valence-corrected chi connectivity index (χ1v) is 6.91. The van der Waals surface area contributed by atoms with Gasteiger partial charge in [0.25, 0.3) is 5.91 Å². The molecule has 0 aliphatic heterocycles. The number of nitrogens with one attached hydrogen (secondary N) is 1. The normalized spacial score (nSPS) is 18.6. The summed E-state index contributed by atoms with van der Waals surface area (Å²) >= 11 is 0. The Hall–Kier alpha value is -1.10. The molecule has 1 rings (SSSR count). The molecule has 5 nitrogen and oxygen atoms in total. The number of hydrogen-bond donors (Lipinski definition) is 2. The van der Waals surface area contributed by atoms with E-state index in [2.05, 4.69) is 5.32 Å². The molecule has 110 valence electrons. The van der Waals surface area contributed by atoms with Crippen LogP contribution in [0.3, 0.4) is 0 Å². The average molecular weight is 270 g/mol. The summed E-state index contributed by atoms with van der Waals surface area (Å²) in [4.78, 5) is 24.4. The first-order chi connectivity index (χ1) is 8.74. The third kappa shape index (κ3) is 5.59. The van der Waals surface area contributed by atoms with Gasteiger partial charge in [-0.25, -0.2) is 0 Å². The first kappa shape index (κ1) is 16.0. The van der Waals surface area contributed by atoms with Crippen LogP contribution in [0.4, 0.5) is 0 Å². The maximum atomic E-state index is 11.8. The third-order valence-electron chi connectivity index (χ3n) is 3.30. The molecule has 5 heteroatoms. The van der Waals surface area contributed by atoms with E-state index < -0.39 is 12.1 Å². The quantitative estimate of drug-likeness (QED) is 0.671. The second kappa shape index (κ2) is 6.37. The standard InChI is InChI=1S/C14H26N2O3/c1-10(16(9-17)8-14(2,3)4)12(18)13(19)15-7-11-5-6-11/h9-12,18H,5-8H2,1-4H3,(H,15,19). The monoisotopic (exact) mass is 270 g/mol. The van der Waals surface area contributed by atoms with E-state index in [0.717, 1.165) is 12.8 Å². The minimum Gasteiger partial charge on any atom is -0.381 e. The number of rotatable bonds is 7. The molecule has 1 aliphatic carbocycles. The largest absolute Gasteiger partial charge is 0.381 e. The summed E-state index contributed by atoms with van der Waals surface area (Å²) in [6, 6.07) is -0.518. The van der Waals surface area contributed by atoms with Gasteiger partial charge in [-0.05, 0) is 31.1 Å². The van der Waals surface area contributed by atoms with Crippen molar-refractivity contribution < 1.29 is 14.7 Å². The van der Waals surface area contributed by atoms with Crippen LogP contribution < -0.4 is 5.32 Å². The fourth-order valence-electron chi connectivity index (χ4n) is 1.90. The van der Waals surface area contributed by atoms with Crippen molar-refractivity contribution in [3.8, 4) is 0 Å². The molecule has 0 bridgehead atoms. The number of aliphatic hydroxyl groups excluding tert-OH is 1. The number of amides is 2. The topological polar surface area (TPSA) is 69.6 Å². The molecular formula is C14H26N2O3. The SMILES string of the molecule is CC(C(O)C(=O)NCC1CC1)N(C=O)CC(C)(C)C. The maximum Gasteiger partial charge on any atom is 0.250 e. The van der Waals surface area contributed by atoms with Crippen LogP contribution in [0.1, 0.15) is 40.5 Å². The van der Waals surface area contributed by atoms with E-state index in [1.54, 1.807) is 6.92 Å². The van der Waals surface area contributed by atoms with E-state index in [1.165, 1.54) is 4.90 Å². The minimum absolute atomic E-state index is 0.0701. The Balaban J connectivity index is 2.49. The number of aliphatic hydroxyl groups is 1. The number of hydrogen-bond acceptors (Lipinski definition) is 3. The Morgan fingerprint density at radius 2 is 2.05 bits per heavy atom. The Labute approximate surface area is 115 Å². The lowest BCUT2D eigenvalue weighted by Crippen LogP contribution is -2.51. The minimum atomic E-state index is -1.17. The second-order valence-electron chi connectivity index (χ2n) is 6.71. The van der Waals surface area contributed by atoms with Gasteiger partial charge < -0.3 is 15.3 Å². The van der Waals surface area contributed by atoms with Crippen LogP contribution in [-0.4, -0.2) is 47.6 Å². The predicted octanol–water partition coefficient (Wildman–Crippen LogP) is 0.766. The highest BCUT2D eigenvalue weighted by atomic mass is 16.3. The lowest BCUT2D eigenvalue weighted by Gasteiger charge is -2.33. The van der Waals surface area contributed by atoms with Crippen molar-refractivity contribution in [1.82, 2.24) is 10.2 Å².